The molecular formula is C15H12ClO. The Morgan fingerprint density at radius 1 is 1.18 bits per heavy atom. The number of rotatable bonds is 1. The van der Waals surface area contributed by atoms with Crippen molar-refractivity contribution >= 4 is 11.6 Å². The highest BCUT2D eigenvalue weighted by molar-refractivity contribution is 6.30. The van der Waals surface area contributed by atoms with Gasteiger partial charge in [0.15, 0.2) is 0 Å². The molecule has 0 aliphatic carbocycles. The molecule has 1 nitrogen and oxygen atoms in total. The van der Waals surface area contributed by atoms with E-state index in [4.69, 9.17) is 16.3 Å². The lowest BCUT2D eigenvalue weighted by Gasteiger charge is -2.10. The van der Waals surface area contributed by atoms with Gasteiger partial charge in [-0.3, -0.25) is 0 Å². The van der Waals surface area contributed by atoms with Crippen LogP contribution in [0.4, 0.5) is 0 Å². The van der Waals surface area contributed by atoms with Crippen LogP contribution in [-0.2, 0) is 6.42 Å². The second kappa shape index (κ2) is 4.08. The third-order valence-electron chi connectivity index (χ3n) is 2.95. The highest BCUT2D eigenvalue weighted by Gasteiger charge is 2.18. The molecule has 0 unspecified atom stereocenters. The molecule has 3 rings (SSSR count). The standard InChI is InChI=1S/C15H12ClO/c1-10-7-12-5-6-17-15(12)14(8-10)11-3-2-4-13(16)9-11/h2-4,6-9H,5H2,1H3. The molecule has 85 valence electrons. The van der Waals surface area contributed by atoms with Gasteiger partial charge in [-0.05, 0) is 41.8 Å². The van der Waals surface area contributed by atoms with Crippen molar-refractivity contribution < 1.29 is 4.74 Å². The van der Waals surface area contributed by atoms with Gasteiger partial charge in [0, 0.05) is 17.0 Å². The number of benzene rings is 2. The molecule has 0 spiro atoms. The highest BCUT2D eigenvalue weighted by Crippen LogP contribution is 2.39. The van der Waals surface area contributed by atoms with Crippen LogP contribution >= 0.6 is 11.6 Å². The molecule has 0 aromatic heterocycles. The summed E-state index contributed by atoms with van der Waals surface area (Å²) in [5, 5.41) is 0.750. The summed E-state index contributed by atoms with van der Waals surface area (Å²) in [5.41, 5.74) is 4.72. The maximum absolute atomic E-state index is 6.04. The Bertz CT molecular complexity index is 575. The van der Waals surface area contributed by atoms with Crippen molar-refractivity contribution in [3.8, 4) is 16.9 Å². The second-order valence-corrected chi connectivity index (χ2v) is 4.74. The number of hydrogen-bond acceptors (Lipinski definition) is 1. The van der Waals surface area contributed by atoms with Crippen molar-refractivity contribution in [3.63, 3.8) is 0 Å². The number of ether oxygens (including phenoxy) is 1. The van der Waals surface area contributed by atoms with Crippen LogP contribution in [0.3, 0.4) is 0 Å². The van der Waals surface area contributed by atoms with Crippen LogP contribution in [0.5, 0.6) is 5.75 Å². The van der Waals surface area contributed by atoms with Crippen LogP contribution in [0.25, 0.3) is 11.1 Å². The highest BCUT2D eigenvalue weighted by atomic mass is 35.5. The molecule has 0 saturated heterocycles. The zero-order chi connectivity index (χ0) is 11.8. The maximum Gasteiger partial charge on any atom is 0.140 e. The molecule has 2 aromatic rings. The predicted octanol–water partition coefficient (Wildman–Crippen LogP) is 4.41. The third kappa shape index (κ3) is 1.91. The first-order chi connectivity index (χ1) is 8.24. The third-order valence-corrected chi connectivity index (χ3v) is 3.19. The smallest absolute Gasteiger partial charge is 0.140 e. The first kappa shape index (κ1) is 10.7. The molecule has 17 heavy (non-hydrogen) atoms. The van der Waals surface area contributed by atoms with E-state index in [9.17, 15) is 0 Å². The monoisotopic (exact) mass is 243 g/mol. The van der Waals surface area contributed by atoms with Crippen molar-refractivity contribution in [3.05, 3.63) is 59.2 Å². The molecule has 1 aliphatic heterocycles. The van der Waals surface area contributed by atoms with Gasteiger partial charge in [0.25, 0.3) is 0 Å². The topological polar surface area (TPSA) is 9.23 Å². The minimum atomic E-state index is 0.750. The van der Waals surface area contributed by atoms with E-state index in [2.05, 4.69) is 25.1 Å². The van der Waals surface area contributed by atoms with Crippen LogP contribution in [0.15, 0.2) is 36.4 Å². The summed E-state index contributed by atoms with van der Waals surface area (Å²) in [6, 6.07) is 12.2. The van der Waals surface area contributed by atoms with Gasteiger partial charge in [0.1, 0.15) is 12.4 Å². The molecule has 0 bridgehead atoms. The summed E-state index contributed by atoms with van der Waals surface area (Å²) in [4.78, 5) is 0. The van der Waals surface area contributed by atoms with E-state index in [1.165, 1.54) is 11.1 Å². The van der Waals surface area contributed by atoms with Crippen molar-refractivity contribution in [1.82, 2.24) is 0 Å². The van der Waals surface area contributed by atoms with E-state index >= 15 is 0 Å². The van der Waals surface area contributed by atoms with Gasteiger partial charge in [-0.2, -0.15) is 0 Å². The molecule has 0 N–H and O–H groups in total. The Labute approximate surface area is 106 Å². The van der Waals surface area contributed by atoms with Gasteiger partial charge in [-0.1, -0.05) is 29.8 Å². The first-order valence-electron chi connectivity index (χ1n) is 5.62. The van der Waals surface area contributed by atoms with E-state index < -0.39 is 0 Å². The molecule has 2 aromatic carbocycles. The van der Waals surface area contributed by atoms with E-state index in [0.717, 1.165) is 28.3 Å². The second-order valence-electron chi connectivity index (χ2n) is 4.30. The molecule has 0 atom stereocenters. The lowest BCUT2D eigenvalue weighted by molar-refractivity contribution is 0.436. The van der Waals surface area contributed by atoms with E-state index in [1.54, 1.807) is 0 Å². The lowest BCUT2D eigenvalue weighted by atomic mass is 9.98. The van der Waals surface area contributed by atoms with Crippen LogP contribution in [0, 0.1) is 13.5 Å². The molecule has 0 amide bonds. The number of halogens is 1. The molecule has 2 heteroatoms. The summed E-state index contributed by atoms with van der Waals surface area (Å²) < 4.78 is 5.61. The summed E-state index contributed by atoms with van der Waals surface area (Å²) in [5.74, 6) is 0.970. The number of fused-ring (bicyclic) bond motifs is 1. The summed E-state index contributed by atoms with van der Waals surface area (Å²) in [6.45, 7) is 3.95. The first-order valence-corrected chi connectivity index (χ1v) is 5.99. The Hall–Kier alpha value is -1.47. The van der Waals surface area contributed by atoms with E-state index in [0.29, 0.717) is 0 Å². The van der Waals surface area contributed by atoms with Gasteiger partial charge >= 0.3 is 0 Å². The zero-order valence-electron chi connectivity index (χ0n) is 9.53. The molecule has 1 heterocycles. The average molecular weight is 244 g/mol. The van der Waals surface area contributed by atoms with Gasteiger partial charge in [0.05, 0.1) is 0 Å². The van der Waals surface area contributed by atoms with Crippen LogP contribution in [0.1, 0.15) is 11.1 Å². The minimum absolute atomic E-state index is 0.750. The summed E-state index contributed by atoms with van der Waals surface area (Å²) in [6.07, 6.45) is 0.880. The maximum atomic E-state index is 6.04. The van der Waals surface area contributed by atoms with Crippen LogP contribution in [-0.4, -0.2) is 0 Å². The fraction of sp³-hybridized carbons (Fsp3) is 0.133. The van der Waals surface area contributed by atoms with E-state index in [1.807, 2.05) is 24.8 Å². The minimum Gasteiger partial charge on any atom is -0.485 e. The normalized spacial score (nSPS) is 13.3. The van der Waals surface area contributed by atoms with Crippen molar-refractivity contribution in [2.45, 2.75) is 13.3 Å². The molecule has 1 aliphatic rings. The van der Waals surface area contributed by atoms with Gasteiger partial charge in [-0.15, -0.1) is 0 Å². The van der Waals surface area contributed by atoms with Crippen molar-refractivity contribution in [2.24, 2.45) is 0 Å². The van der Waals surface area contributed by atoms with Crippen LogP contribution in [0.2, 0.25) is 5.02 Å². The SMILES string of the molecule is Cc1cc2c(c(-c3cccc(Cl)c3)c1)O[CH]C2. The number of hydrogen-bond donors (Lipinski definition) is 0. The Kier molecular flexibility index (Phi) is 2.56. The largest absolute Gasteiger partial charge is 0.485 e. The Morgan fingerprint density at radius 3 is 2.88 bits per heavy atom. The molecule has 1 radical (unpaired) electrons. The Morgan fingerprint density at radius 2 is 2.06 bits per heavy atom. The molecular weight excluding hydrogens is 232 g/mol. The molecule has 0 fully saturated rings. The quantitative estimate of drug-likeness (QED) is 0.721. The summed E-state index contributed by atoms with van der Waals surface area (Å²) in [7, 11) is 0. The van der Waals surface area contributed by atoms with Gasteiger partial charge in [0.2, 0.25) is 0 Å². The van der Waals surface area contributed by atoms with Crippen molar-refractivity contribution in [1.29, 1.82) is 0 Å². The Balaban J connectivity index is 2.21. The zero-order valence-corrected chi connectivity index (χ0v) is 10.3. The number of aryl methyl sites for hydroxylation is 1. The van der Waals surface area contributed by atoms with Crippen molar-refractivity contribution in [2.75, 3.05) is 0 Å². The van der Waals surface area contributed by atoms with Gasteiger partial charge in [-0.25, -0.2) is 0 Å². The average Bonchev–Trinajstić information content (AvgIpc) is 2.75. The fourth-order valence-corrected chi connectivity index (χ4v) is 2.41. The van der Waals surface area contributed by atoms with Crippen LogP contribution < -0.4 is 4.74 Å². The lowest BCUT2D eigenvalue weighted by Crippen LogP contribution is -1.87. The van der Waals surface area contributed by atoms with E-state index in [-0.39, 0.29) is 0 Å². The predicted molar refractivity (Wildman–Crippen MR) is 70.3 cm³/mol. The fourth-order valence-electron chi connectivity index (χ4n) is 2.22. The molecule has 0 saturated carbocycles. The summed E-state index contributed by atoms with van der Waals surface area (Å²) >= 11 is 6.04. The van der Waals surface area contributed by atoms with Gasteiger partial charge < -0.3 is 4.74 Å².